The maximum atomic E-state index is 6.40. The number of aromatic nitrogens is 3. The lowest BCUT2D eigenvalue weighted by Crippen LogP contribution is -2.37. The zero-order valence-electron chi connectivity index (χ0n) is 15.7. The Morgan fingerprint density at radius 2 is 1.75 bits per heavy atom. The van der Waals surface area contributed by atoms with E-state index in [1.54, 1.807) is 6.20 Å². The zero-order chi connectivity index (χ0) is 19.5. The monoisotopic (exact) mass is 379 g/mol. The Morgan fingerprint density at radius 3 is 2.50 bits per heavy atom. The molecule has 6 N–H and O–H groups in total. The van der Waals surface area contributed by atoms with E-state index >= 15 is 0 Å². The van der Waals surface area contributed by atoms with Crippen LogP contribution in [0.2, 0.25) is 0 Å². The van der Waals surface area contributed by atoms with Crippen LogP contribution >= 0.6 is 0 Å². The molecule has 1 aliphatic heterocycles. The molecule has 1 fully saturated rings. The van der Waals surface area contributed by atoms with Gasteiger partial charge in [0.2, 0.25) is 5.95 Å². The maximum absolute atomic E-state index is 6.40. The van der Waals surface area contributed by atoms with Crippen molar-refractivity contribution in [1.29, 1.82) is 0 Å². The van der Waals surface area contributed by atoms with Crippen molar-refractivity contribution >= 4 is 28.5 Å². The normalized spacial score (nSPS) is 15.7. The summed E-state index contributed by atoms with van der Waals surface area (Å²) in [6.07, 6.45) is 3.11. The van der Waals surface area contributed by atoms with Crippen LogP contribution in [0.15, 0.2) is 36.5 Å². The van der Waals surface area contributed by atoms with Crippen molar-refractivity contribution in [2.24, 2.45) is 5.73 Å². The summed E-state index contributed by atoms with van der Waals surface area (Å²) in [5, 5.41) is 0.744. The minimum atomic E-state index is -0.0747. The van der Waals surface area contributed by atoms with Crippen molar-refractivity contribution in [1.82, 2.24) is 15.0 Å². The van der Waals surface area contributed by atoms with E-state index in [1.165, 1.54) is 5.56 Å². The van der Waals surface area contributed by atoms with Gasteiger partial charge in [-0.15, -0.1) is 0 Å². The number of nitrogens with two attached hydrogens (primary N) is 3. The summed E-state index contributed by atoms with van der Waals surface area (Å²) < 4.78 is 5.39. The van der Waals surface area contributed by atoms with Gasteiger partial charge in [-0.05, 0) is 24.0 Å². The van der Waals surface area contributed by atoms with Gasteiger partial charge in [0.1, 0.15) is 17.2 Å². The predicted octanol–water partition coefficient (Wildman–Crippen LogP) is 1.14. The van der Waals surface area contributed by atoms with E-state index in [1.807, 2.05) is 23.1 Å². The summed E-state index contributed by atoms with van der Waals surface area (Å²) >= 11 is 0. The third-order valence-corrected chi connectivity index (χ3v) is 4.97. The van der Waals surface area contributed by atoms with Gasteiger partial charge in [-0.25, -0.2) is 9.97 Å². The van der Waals surface area contributed by atoms with Gasteiger partial charge < -0.3 is 26.8 Å². The molecule has 0 unspecified atom stereocenters. The van der Waals surface area contributed by atoms with Crippen LogP contribution in [0.3, 0.4) is 0 Å². The molecule has 0 amide bonds. The first kappa shape index (κ1) is 18.4. The van der Waals surface area contributed by atoms with Gasteiger partial charge >= 0.3 is 0 Å². The number of anilines is 3. The number of benzene rings is 1. The van der Waals surface area contributed by atoms with Gasteiger partial charge in [0.25, 0.3) is 0 Å². The molecule has 1 aromatic carbocycles. The SMILES string of the molecule is Nc1ncc(C[C@@H](N)Cc2ccccc2)c2c(N)nc(N3CCOCC3)nc12. The van der Waals surface area contributed by atoms with Crippen molar-refractivity contribution < 1.29 is 4.74 Å². The van der Waals surface area contributed by atoms with Crippen molar-refractivity contribution in [2.75, 3.05) is 42.7 Å². The molecular weight excluding hydrogens is 354 g/mol. The van der Waals surface area contributed by atoms with Crippen LogP contribution in [0.4, 0.5) is 17.6 Å². The third-order valence-electron chi connectivity index (χ3n) is 4.97. The molecule has 0 radical (unpaired) electrons. The fourth-order valence-corrected chi connectivity index (χ4v) is 3.57. The van der Waals surface area contributed by atoms with Crippen LogP contribution in [0.25, 0.3) is 10.9 Å². The van der Waals surface area contributed by atoms with Crippen LogP contribution in [0, 0.1) is 0 Å². The van der Waals surface area contributed by atoms with E-state index in [4.69, 9.17) is 21.9 Å². The zero-order valence-corrected chi connectivity index (χ0v) is 15.7. The molecule has 146 valence electrons. The number of ether oxygens (including phenoxy) is 1. The smallest absolute Gasteiger partial charge is 0.228 e. The topological polar surface area (TPSA) is 129 Å². The molecule has 0 bridgehead atoms. The Morgan fingerprint density at radius 1 is 1.00 bits per heavy atom. The second-order valence-corrected chi connectivity index (χ2v) is 7.05. The Hall–Kier alpha value is -2.97. The summed E-state index contributed by atoms with van der Waals surface area (Å²) in [4.78, 5) is 15.6. The molecule has 3 aromatic rings. The molecule has 1 saturated heterocycles. The second-order valence-electron chi connectivity index (χ2n) is 7.05. The van der Waals surface area contributed by atoms with E-state index < -0.39 is 0 Å². The number of nitrogen functional groups attached to an aromatic ring is 2. The highest BCUT2D eigenvalue weighted by molar-refractivity contribution is 5.97. The van der Waals surface area contributed by atoms with Gasteiger partial charge in [-0.3, -0.25) is 0 Å². The van der Waals surface area contributed by atoms with Crippen LogP contribution in [0.1, 0.15) is 11.1 Å². The highest BCUT2D eigenvalue weighted by Gasteiger charge is 2.19. The molecule has 0 saturated carbocycles. The number of fused-ring (bicyclic) bond motifs is 1. The number of morpholine rings is 1. The summed E-state index contributed by atoms with van der Waals surface area (Å²) in [7, 11) is 0. The standard InChI is InChI=1S/C20H25N7O/c21-15(10-13-4-2-1-3-5-13)11-14-12-24-19(23)17-16(14)18(22)26-20(25-17)27-6-8-28-9-7-27/h1-5,12,15H,6-11,21H2,(H2,23,24)(H2,22,25,26)/t15-/m0/s1. The minimum Gasteiger partial charge on any atom is -0.383 e. The largest absolute Gasteiger partial charge is 0.383 e. The number of rotatable bonds is 5. The van der Waals surface area contributed by atoms with E-state index in [-0.39, 0.29) is 6.04 Å². The first-order valence-corrected chi connectivity index (χ1v) is 9.44. The molecule has 3 heterocycles. The molecule has 0 spiro atoms. The fourth-order valence-electron chi connectivity index (χ4n) is 3.57. The molecule has 4 rings (SSSR count). The Balaban J connectivity index is 1.64. The van der Waals surface area contributed by atoms with Gasteiger partial charge in [-0.1, -0.05) is 30.3 Å². The first-order chi connectivity index (χ1) is 13.6. The minimum absolute atomic E-state index is 0.0747. The Labute approximate surface area is 163 Å². The molecule has 1 aliphatic rings. The van der Waals surface area contributed by atoms with E-state index in [0.717, 1.165) is 30.5 Å². The van der Waals surface area contributed by atoms with Crippen LogP contribution < -0.4 is 22.1 Å². The average Bonchev–Trinajstić information content (AvgIpc) is 2.71. The van der Waals surface area contributed by atoms with Gasteiger partial charge in [-0.2, -0.15) is 4.98 Å². The molecule has 28 heavy (non-hydrogen) atoms. The Bertz CT molecular complexity index is 958. The lowest BCUT2D eigenvalue weighted by molar-refractivity contribution is 0.122. The predicted molar refractivity (Wildman–Crippen MR) is 111 cm³/mol. The van der Waals surface area contributed by atoms with E-state index in [0.29, 0.717) is 42.7 Å². The molecule has 8 heteroatoms. The number of nitrogens with zero attached hydrogens (tertiary/aromatic N) is 4. The lowest BCUT2D eigenvalue weighted by Gasteiger charge is -2.27. The van der Waals surface area contributed by atoms with E-state index in [2.05, 4.69) is 27.1 Å². The number of hydrogen-bond acceptors (Lipinski definition) is 8. The van der Waals surface area contributed by atoms with Crippen molar-refractivity contribution in [2.45, 2.75) is 18.9 Å². The van der Waals surface area contributed by atoms with Gasteiger partial charge in [0, 0.05) is 25.3 Å². The lowest BCUT2D eigenvalue weighted by atomic mass is 9.98. The number of pyridine rings is 1. The van der Waals surface area contributed by atoms with Crippen LogP contribution in [-0.2, 0) is 17.6 Å². The van der Waals surface area contributed by atoms with Crippen LogP contribution in [-0.4, -0.2) is 47.3 Å². The maximum Gasteiger partial charge on any atom is 0.228 e. The molecule has 0 aliphatic carbocycles. The van der Waals surface area contributed by atoms with Crippen molar-refractivity contribution in [3.63, 3.8) is 0 Å². The van der Waals surface area contributed by atoms with Crippen molar-refractivity contribution in [3.8, 4) is 0 Å². The Kier molecular flexibility index (Phi) is 5.23. The highest BCUT2D eigenvalue weighted by Crippen LogP contribution is 2.29. The van der Waals surface area contributed by atoms with Crippen LogP contribution in [0.5, 0.6) is 0 Å². The molecule has 2 aromatic heterocycles. The summed E-state index contributed by atoms with van der Waals surface area (Å²) in [6, 6.07) is 10.1. The summed E-state index contributed by atoms with van der Waals surface area (Å²) in [5.41, 5.74) is 21.5. The first-order valence-electron chi connectivity index (χ1n) is 9.44. The second kappa shape index (κ2) is 7.95. The summed E-state index contributed by atoms with van der Waals surface area (Å²) in [6.45, 7) is 2.73. The fraction of sp³-hybridized carbons (Fsp3) is 0.350. The average molecular weight is 379 g/mol. The quantitative estimate of drug-likeness (QED) is 0.602. The molecular formula is C20H25N7O. The van der Waals surface area contributed by atoms with Crippen molar-refractivity contribution in [3.05, 3.63) is 47.7 Å². The van der Waals surface area contributed by atoms with Gasteiger partial charge in [0.05, 0.1) is 18.6 Å². The molecule has 8 nitrogen and oxygen atoms in total. The van der Waals surface area contributed by atoms with E-state index in [9.17, 15) is 0 Å². The summed E-state index contributed by atoms with van der Waals surface area (Å²) in [5.74, 6) is 1.31. The third kappa shape index (κ3) is 3.83. The highest BCUT2D eigenvalue weighted by atomic mass is 16.5. The van der Waals surface area contributed by atoms with Gasteiger partial charge in [0.15, 0.2) is 0 Å². The molecule has 1 atom stereocenters. The number of hydrogen-bond donors (Lipinski definition) is 3.